The SMILES string of the molecule is Cc1ccc(N)c(NC2CCCOC2)c1. The topological polar surface area (TPSA) is 47.3 Å². The van der Waals surface area contributed by atoms with Crippen LogP contribution in [0.15, 0.2) is 18.2 Å². The van der Waals surface area contributed by atoms with Crippen LogP contribution in [-0.2, 0) is 4.74 Å². The predicted octanol–water partition coefficient (Wildman–Crippen LogP) is 2.17. The summed E-state index contributed by atoms with van der Waals surface area (Å²) in [6.07, 6.45) is 2.29. The highest BCUT2D eigenvalue weighted by Gasteiger charge is 2.14. The molecule has 0 bridgehead atoms. The van der Waals surface area contributed by atoms with E-state index < -0.39 is 0 Å². The number of aryl methyl sites for hydroxylation is 1. The lowest BCUT2D eigenvalue weighted by Gasteiger charge is -2.25. The molecule has 0 aromatic heterocycles. The number of nitrogens with one attached hydrogen (secondary N) is 1. The molecular formula is C12H18N2O. The Kier molecular flexibility index (Phi) is 3.11. The molecule has 1 heterocycles. The first-order valence-corrected chi connectivity index (χ1v) is 5.46. The van der Waals surface area contributed by atoms with Crippen LogP contribution in [0.3, 0.4) is 0 Å². The van der Waals surface area contributed by atoms with Gasteiger partial charge in [-0.2, -0.15) is 0 Å². The van der Waals surface area contributed by atoms with Gasteiger partial charge in [0, 0.05) is 12.6 Å². The fourth-order valence-corrected chi connectivity index (χ4v) is 1.87. The number of hydrogen-bond donors (Lipinski definition) is 2. The Morgan fingerprint density at radius 3 is 3.07 bits per heavy atom. The number of rotatable bonds is 2. The second-order valence-corrected chi connectivity index (χ2v) is 4.15. The van der Waals surface area contributed by atoms with Crippen molar-refractivity contribution in [3.8, 4) is 0 Å². The zero-order chi connectivity index (χ0) is 10.7. The van der Waals surface area contributed by atoms with Gasteiger partial charge in [-0.3, -0.25) is 0 Å². The smallest absolute Gasteiger partial charge is 0.0667 e. The van der Waals surface area contributed by atoms with Gasteiger partial charge in [-0.25, -0.2) is 0 Å². The average molecular weight is 206 g/mol. The van der Waals surface area contributed by atoms with Crippen molar-refractivity contribution in [3.05, 3.63) is 23.8 Å². The Labute approximate surface area is 90.6 Å². The first-order valence-electron chi connectivity index (χ1n) is 5.46. The van der Waals surface area contributed by atoms with Crippen LogP contribution in [0.2, 0.25) is 0 Å². The number of anilines is 2. The molecular weight excluding hydrogens is 188 g/mol. The first kappa shape index (κ1) is 10.3. The van der Waals surface area contributed by atoms with Crippen LogP contribution in [0.1, 0.15) is 18.4 Å². The van der Waals surface area contributed by atoms with Crippen molar-refractivity contribution < 1.29 is 4.74 Å². The fraction of sp³-hybridized carbons (Fsp3) is 0.500. The van der Waals surface area contributed by atoms with Crippen LogP contribution >= 0.6 is 0 Å². The molecule has 1 saturated heterocycles. The quantitative estimate of drug-likeness (QED) is 0.729. The number of ether oxygens (including phenoxy) is 1. The maximum atomic E-state index is 5.90. The summed E-state index contributed by atoms with van der Waals surface area (Å²) in [5.41, 5.74) is 8.97. The Morgan fingerprint density at radius 2 is 2.33 bits per heavy atom. The van der Waals surface area contributed by atoms with E-state index in [4.69, 9.17) is 10.5 Å². The summed E-state index contributed by atoms with van der Waals surface area (Å²) in [5.74, 6) is 0. The third-order valence-electron chi connectivity index (χ3n) is 2.73. The highest BCUT2D eigenvalue weighted by Crippen LogP contribution is 2.22. The molecule has 3 heteroatoms. The summed E-state index contributed by atoms with van der Waals surface area (Å²) in [4.78, 5) is 0. The van der Waals surface area contributed by atoms with Crippen molar-refractivity contribution >= 4 is 11.4 Å². The monoisotopic (exact) mass is 206 g/mol. The summed E-state index contributed by atoms with van der Waals surface area (Å²) < 4.78 is 5.42. The lowest BCUT2D eigenvalue weighted by molar-refractivity contribution is 0.0876. The molecule has 0 aliphatic carbocycles. The van der Waals surface area contributed by atoms with E-state index in [1.165, 1.54) is 5.56 Å². The van der Waals surface area contributed by atoms with Gasteiger partial charge in [0.1, 0.15) is 0 Å². The van der Waals surface area contributed by atoms with Crippen LogP contribution in [0, 0.1) is 6.92 Å². The third kappa shape index (κ3) is 2.63. The van der Waals surface area contributed by atoms with Gasteiger partial charge in [-0.15, -0.1) is 0 Å². The van der Waals surface area contributed by atoms with Gasteiger partial charge in [0.05, 0.1) is 18.0 Å². The van der Waals surface area contributed by atoms with E-state index in [0.29, 0.717) is 6.04 Å². The van der Waals surface area contributed by atoms with Crippen LogP contribution in [0.25, 0.3) is 0 Å². The first-order chi connectivity index (χ1) is 7.25. The molecule has 3 nitrogen and oxygen atoms in total. The van der Waals surface area contributed by atoms with E-state index in [0.717, 1.165) is 37.4 Å². The number of nitrogen functional groups attached to an aromatic ring is 1. The van der Waals surface area contributed by atoms with Crippen LogP contribution < -0.4 is 11.1 Å². The standard InChI is InChI=1S/C12H18N2O/c1-9-4-5-11(13)12(7-9)14-10-3-2-6-15-8-10/h4-5,7,10,14H,2-3,6,8,13H2,1H3. The molecule has 1 aliphatic rings. The molecule has 0 saturated carbocycles. The van der Waals surface area contributed by atoms with Gasteiger partial charge >= 0.3 is 0 Å². The minimum absolute atomic E-state index is 0.405. The largest absolute Gasteiger partial charge is 0.397 e. The number of benzene rings is 1. The van der Waals surface area contributed by atoms with E-state index in [9.17, 15) is 0 Å². The van der Waals surface area contributed by atoms with Crippen molar-refractivity contribution in [3.63, 3.8) is 0 Å². The minimum Gasteiger partial charge on any atom is -0.397 e. The lowest BCUT2D eigenvalue weighted by Crippen LogP contribution is -2.30. The predicted molar refractivity (Wildman–Crippen MR) is 63.1 cm³/mol. The summed E-state index contributed by atoms with van der Waals surface area (Å²) in [6.45, 7) is 3.75. The molecule has 0 amide bonds. The van der Waals surface area contributed by atoms with Gasteiger partial charge in [-0.1, -0.05) is 6.07 Å². The van der Waals surface area contributed by atoms with Gasteiger partial charge in [0.2, 0.25) is 0 Å². The number of nitrogens with two attached hydrogens (primary N) is 1. The molecule has 1 aliphatic heterocycles. The highest BCUT2D eigenvalue weighted by atomic mass is 16.5. The summed E-state index contributed by atoms with van der Waals surface area (Å²) >= 11 is 0. The molecule has 3 N–H and O–H groups in total. The molecule has 1 unspecified atom stereocenters. The van der Waals surface area contributed by atoms with E-state index >= 15 is 0 Å². The van der Waals surface area contributed by atoms with E-state index in [1.807, 2.05) is 12.1 Å². The van der Waals surface area contributed by atoms with Crippen molar-refractivity contribution in [2.75, 3.05) is 24.3 Å². The molecule has 1 atom stereocenters. The van der Waals surface area contributed by atoms with E-state index in [1.54, 1.807) is 0 Å². The second kappa shape index (κ2) is 4.53. The zero-order valence-electron chi connectivity index (χ0n) is 9.12. The van der Waals surface area contributed by atoms with Gasteiger partial charge in [-0.05, 0) is 37.5 Å². The van der Waals surface area contributed by atoms with Crippen LogP contribution in [0.4, 0.5) is 11.4 Å². The van der Waals surface area contributed by atoms with Crippen molar-refractivity contribution in [1.29, 1.82) is 0 Å². The van der Waals surface area contributed by atoms with Crippen molar-refractivity contribution in [2.45, 2.75) is 25.8 Å². The Morgan fingerprint density at radius 1 is 1.47 bits per heavy atom. The maximum Gasteiger partial charge on any atom is 0.0667 e. The summed E-state index contributed by atoms with van der Waals surface area (Å²) in [5, 5.41) is 3.44. The molecule has 0 radical (unpaired) electrons. The Hall–Kier alpha value is -1.22. The third-order valence-corrected chi connectivity index (χ3v) is 2.73. The number of hydrogen-bond acceptors (Lipinski definition) is 3. The van der Waals surface area contributed by atoms with Gasteiger partial charge in [0.15, 0.2) is 0 Å². The lowest BCUT2D eigenvalue weighted by atomic mass is 10.1. The van der Waals surface area contributed by atoms with E-state index in [2.05, 4.69) is 18.3 Å². The molecule has 0 spiro atoms. The molecule has 82 valence electrons. The maximum absolute atomic E-state index is 5.90. The average Bonchev–Trinajstić information content (AvgIpc) is 2.25. The van der Waals surface area contributed by atoms with Gasteiger partial charge in [0.25, 0.3) is 0 Å². The van der Waals surface area contributed by atoms with Crippen molar-refractivity contribution in [2.24, 2.45) is 0 Å². The fourth-order valence-electron chi connectivity index (χ4n) is 1.87. The zero-order valence-corrected chi connectivity index (χ0v) is 9.12. The molecule has 1 aromatic carbocycles. The van der Waals surface area contributed by atoms with Crippen LogP contribution in [-0.4, -0.2) is 19.3 Å². The van der Waals surface area contributed by atoms with Crippen molar-refractivity contribution in [1.82, 2.24) is 0 Å². The molecule has 1 fully saturated rings. The minimum atomic E-state index is 0.405. The normalized spacial score (nSPS) is 21.3. The van der Waals surface area contributed by atoms with E-state index in [-0.39, 0.29) is 0 Å². The molecule has 1 aromatic rings. The van der Waals surface area contributed by atoms with Crippen LogP contribution in [0.5, 0.6) is 0 Å². The Balaban J connectivity index is 2.05. The second-order valence-electron chi connectivity index (χ2n) is 4.15. The highest BCUT2D eigenvalue weighted by molar-refractivity contribution is 5.67. The molecule has 15 heavy (non-hydrogen) atoms. The van der Waals surface area contributed by atoms with Gasteiger partial charge < -0.3 is 15.8 Å². The Bertz CT molecular complexity index is 332. The summed E-state index contributed by atoms with van der Waals surface area (Å²) in [7, 11) is 0. The molecule has 2 rings (SSSR count). The summed E-state index contributed by atoms with van der Waals surface area (Å²) in [6, 6.07) is 6.46.